The van der Waals surface area contributed by atoms with Gasteiger partial charge in [-0.15, -0.1) is 0 Å². The number of nitrogens with one attached hydrogen (secondary N) is 2. The zero-order chi connectivity index (χ0) is 17.5. The van der Waals surface area contributed by atoms with Crippen molar-refractivity contribution >= 4 is 17.6 Å². The van der Waals surface area contributed by atoms with Crippen molar-refractivity contribution in [2.45, 2.75) is 45.1 Å². The first kappa shape index (κ1) is 17.2. The van der Waals surface area contributed by atoms with Gasteiger partial charge in [0.2, 0.25) is 5.96 Å². The molecule has 1 amide bonds. The van der Waals surface area contributed by atoms with Crippen LogP contribution in [0.2, 0.25) is 0 Å². The SMILES string of the molecule is Cc1ccc(NC(=NC2CCCCC2)NC(=O)c2ccccc2)cc1. The van der Waals surface area contributed by atoms with Crippen molar-refractivity contribution in [3.63, 3.8) is 0 Å². The Morgan fingerprint density at radius 1 is 0.960 bits per heavy atom. The van der Waals surface area contributed by atoms with E-state index in [1.807, 2.05) is 42.5 Å². The van der Waals surface area contributed by atoms with Gasteiger partial charge in [-0.05, 0) is 44.0 Å². The Bertz CT molecular complexity index is 717. The molecule has 4 nitrogen and oxygen atoms in total. The zero-order valence-corrected chi connectivity index (χ0v) is 14.7. The number of aliphatic imine (C=N–C) groups is 1. The molecule has 1 saturated carbocycles. The molecule has 0 spiro atoms. The van der Waals surface area contributed by atoms with E-state index in [0.29, 0.717) is 11.5 Å². The number of aryl methyl sites for hydroxylation is 1. The number of nitrogens with zero attached hydrogens (tertiary/aromatic N) is 1. The standard InChI is InChI=1S/C21H25N3O/c1-16-12-14-19(15-13-16)23-21(22-18-10-6-3-7-11-18)24-20(25)17-8-4-2-5-9-17/h2,4-5,8-9,12-15,18H,3,6-7,10-11H2,1H3,(H2,22,23,24,25). The van der Waals surface area contributed by atoms with Crippen LogP contribution < -0.4 is 10.6 Å². The quantitative estimate of drug-likeness (QED) is 0.640. The summed E-state index contributed by atoms with van der Waals surface area (Å²) in [6.07, 6.45) is 5.86. The second-order valence-electron chi connectivity index (χ2n) is 6.58. The molecule has 1 aliphatic carbocycles. The normalized spacial score (nSPS) is 15.6. The lowest BCUT2D eigenvalue weighted by Crippen LogP contribution is -2.37. The molecule has 2 N–H and O–H groups in total. The fraction of sp³-hybridized carbons (Fsp3) is 0.333. The lowest BCUT2D eigenvalue weighted by molar-refractivity contribution is 0.0977. The van der Waals surface area contributed by atoms with Gasteiger partial charge in [-0.2, -0.15) is 0 Å². The van der Waals surface area contributed by atoms with Crippen molar-refractivity contribution in [3.8, 4) is 0 Å². The summed E-state index contributed by atoms with van der Waals surface area (Å²) in [7, 11) is 0. The zero-order valence-electron chi connectivity index (χ0n) is 14.7. The summed E-state index contributed by atoms with van der Waals surface area (Å²) in [5.41, 5.74) is 2.75. The Hall–Kier alpha value is -2.62. The molecule has 1 aliphatic rings. The minimum absolute atomic E-state index is 0.144. The van der Waals surface area contributed by atoms with E-state index in [9.17, 15) is 4.79 Å². The molecular formula is C21H25N3O. The molecule has 3 rings (SSSR count). The topological polar surface area (TPSA) is 53.5 Å². The van der Waals surface area contributed by atoms with Crippen LogP contribution >= 0.6 is 0 Å². The molecule has 0 aromatic heterocycles. The Labute approximate surface area is 149 Å². The van der Waals surface area contributed by atoms with Crippen LogP contribution in [0.5, 0.6) is 0 Å². The van der Waals surface area contributed by atoms with E-state index in [4.69, 9.17) is 4.99 Å². The van der Waals surface area contributed by atoms with Gasteiger partial charge in [0.15, 0.2) is 0 Å². The molecule has 0 saturated heterocycles. The van der Waals surface area contributed by atoms with Crippen molar-refractivity contribution in [2.24, 2.45) is 4.99 Å². The van der Waals surface area contributed by atoms with Crippen molar-refractivity contribution in [2.75, 3.05) is 5.32 Å². The Balaban J connectivity index is 1.76. The third kappa shape index (κ3) is 5.18. The highest BCUT2D eigenvalue weighted by molar-refractivity contribution is 6.10. The average molecular weight is 335 g/mol. The molecule has 0 atom stereocenters. The van der Waals surface area contributed by atoms with Crippen molar-refractivity contribution < 1.29 is 4.79 Å². The van der Waals surface area contributed by atoms with Crippen LogP contribution in [0.4, 0.5) is 5.69 Å². The molecule has 2 aromatic rings. The maximum absolute atomic E-state index is 12.5. The summed E-state index contributed by atoms with van der Waals surface area (Å²) in [6, 6.07) is 17.6. The number of hydrogen-bond acceptors (Lipinski definition) is 2. The van der Waals surface area contributed by atoms with Gasteiger partial charge in [-0.3, -0.25) is 10.1 Å². The van der Waals surface area contributed by atoms with Gasteiger partial charge in [-0.25, -0.2) is 4.99 Å². The summed E-state index contributed by atoms with van der Waals surface area (Å²) >= 11 is 0. The van der Waals surface area contributed by atoms with Gasteiger partial charge in [-0.1, -0.05) is 55.2 Å². The van der Waals surface area contributed by atoms with Gasteiger partial charge < -0.3 is 5.32 Å². The predicted octanol–water partition coefficient (Wildman–Crippen LogP) is 4.53. The van der Waals surface area contributed by atoms with Crippen LogP contribution in [-0.4, -0.2) is 17.9 Å². The second kappa shape index (κ2) is 8.47. The third-order valence-electron chi connectivity index (χ3n) is 4.47. The highest BCUT2D eigenvalue weighted by Crippen LogP contribution is 2.20. The van der Waals surface area contributed by atoms with Gasteiger partial charge in [0.05, 0.1) is 6.04 Å². The Kier molecular flexibility index (Phi) is 5.83. The van der Waals surface area contributed by atoms with E-state index in [1.54, 1.807) is 12.1 Å². The van der Waals surface area contributed by atoms with E-state index in [2.05, 4.69) is 17.6 Å². The maximum atomic E-state index is 12.5. The first-order chi connectivity index (χ1) is 12.2. The van der Waals surface area contributed by atoms with Crippen molar-refractivity contribution in [1.29, 1.82) is 0 Å². The summed E-state index contributed by atoms with van der Waals surface area (Å²) in [5, 5.41) is 6.22. The number of benzene rings is 2. The number of guanidine groups is 1. The minimum atomic E-state index is -0.144. The lowest BCUT2D eigenvalue weighted by atomic mass is 9.96. The van der Waals surface area contributed by atoms with E-state index in [0.717, 1.165) is 18.5 Å². The molecule has 25 heavy (non-hydrogen) atoms. The lowest BCUT2D eigenvalue weighted by Gasteiger charge is -2.20. The van der Waals surface area contributed by atoms with Crippen LogP contribution in [0.1, 0.15) is 48.0 Å². The molecule has 2 aromatic carbocycles. The largest absolute Gasteiger partial charge is 0.326 e. The number of anilines is 1. The molecule has 0 unspecified atom stereocenters. The van der Waals surface area contributed by atoms with Gasteiger partial charge >= 0.3 is 0 Å². The summed E-state index contributed by atoms with van der Waals surface area (Å²) < 4.78 is 0. The third-order valence-corrected chi connectivity index (χ3v) is 4.47. The van der Waals surface area contributed by atoms with Crippen LogP contribution in [0.15, 0.2) is 59.6 Å². The maximum Gasteiger partial charge on any atom is 0.257 e. The highest BCUT2D eigenvalue weighted by Gasteiger charge is 2.15. The van der Waals surface area contributed by atoms with E-state index >= 15 is 0 Å². The Morgan fingerprint density at radius 3 is 2.32 bits per heavy atom. The van der Waals surface area contributed by atoms with Gasteiger partial charge in [0, 0.05) is 11.3 Å². The molecule has 0 heterocycles. The molecule has 4 heteroatoms. The molecular weight excluding hydrogens is 310 g/mol. The molecule has 0 aliphatic heterocycles. The first-order valence-electron chi connectivity index (χ1n) is 8.98. The summed E-state index contributed by atoms with van der Waals surface area (Å²) in [4.78, 5) is 17.3. The number of carbonyl (C=O) groups is 1. The van der Waals surface area contributed by atoms with Crippen molar-refractivity contribution in [1.82, 2.24) is 5.32 Å². The molecule has 0 bridgehead atoms. The van der Waals surface area contributed by atoms with E-state index in [-0.39, 0.29) is 11.9 Å². The van der Waals surface area contributed by atoms with Crippen LogP contribution in [0, 0.1) is 6.92 Å². The fourth-order valence-electron chi connectivity index (χ4n) is 3.03. The van der Waals surface area contributed by atoms with Gasteiger partial charge in [0.25, 0.3) is 5.91 Å². The van der Waals surface area contributed by atoms with Crippen LogP contribution in [0.25, 0.3) is 0 Å². The molecule has 130 valence electrons. The van der Waals surface area contributed by atoms with Crippen molar-refractivity contribution in [3.05, 3.63) is 65.7 Å². The summed E-state index contributed by atoms with van der Waals surface area (Å²) in [6.45, 7) is 2.05. The first-order valence-corrected chi connectivity index (χ1v) is 8.98. The fourth-order valence-corrected chi connectivity index (χ4v) is 3.03. The smallest absolute Gasteiger partial charge is 0.257 e. The number of carbonyl (C=O) groups excluding carboxylic acids is 1. The van der Waals surface area contributed by atoms with Gasteiger partial charge in [0.1, 0.15) is 0 Å². The minimum Gasteiger partial charge on any atom is -0.326 e. The van der Waals surface area contributed by atoms with Crippen LogP contribution in [-0.2, 0) is 0 Å². The molecule has 0 radical (unpaired) electrons. The monoisotopic (exact) mass is 335 g/mol. The number of hydrogen-bond donors (Lipinski definition) is 2. The number of amides is 1. The molecule has 1 fully saturated rings. The van der Waals surface area contributed by atoms with E-state index in [1.165, 1.54) is 24.8 Å². The Morgan fingerprint density at radius 2 is 1.64 bits per heavy atom. The second-order valence-corrected chi connectivity index (χ2v) is 6.58. The predicted molar refractivity (Wildman–Crippen MR) is 103 cm³/mol. The average Bonchev–Trinajstić information content (AvgIpc) is 2.65. The van der Waals surface area contributed by atoms with Crippen LogP contribution in [0.3, 0.4) is 0 Å². The van der Waals surface area contributed by atoms with E-state index < -0.39 is 0 Å². The highest BCUT2D eigenvalue weighted by atomic mass is 16.1. The number of rotatable bonds is 3. The summed E-state index contributed by atoms with van der Waals surface area (Å²) in [5.74, 6) is 0.388.